The van der Waals surface area contributed by atoms with Crippen molar-refractivity contribution in [3.05, 3.63) is 42.0 Å². The molecule has 11 nitrogen and oxygen atoms in total. The quantitative estimate of drug-likeness (QED) is 0.568. The van der Waals surface area contributed by atoms with Crippen molar-refractivity contribution in [1.29, 1.82) is 0 Å². The molecule has 0 saturated carbocycles. The van der Waals surface area contributed by atoms with E-state index in [1.165, 1.54) is 13.3 Å². The summed E-state index contributed by atoms with van der Waals surface area (Å²) in [5.74, 6) is 0.158. The molecule has 0 atom stereocenters. The van der Waals surface area contributed by atoms with Crippen LogP contribution in [0.4, 0.5) is 16.4 Å². The van der Waals surface area contributed by atoms with E-state index >= 15 is 0 Å². The molecule has 3 aromatic heterocycles. The number of carbonyl (C=O) groups excluding carboxylic acids is 2. The Morgan fingerprint density at radius 3 is 2.54 bits per heavy atom. The Hall–Kier alpha value is -3.89. The first-order valence-electron chi connectivity index (χ1n) is 11.5. The first-order valence-corrected chi connectivity index (χ1v) is 11.5. The fourth-order valence-electron chi connectivity index (χ4n) is 3.85. The molecular weight excluding hydrogens is 450 g/mol. The fourth-order valence-corrected chi connectivity index (χ4v) is 3.85. The number of nitrogens with one attached hydrogen (secondary N) is 2. The van der Waals surface area contributed by atoms with Crippen molar-refractivity contribution in [1.82, 2.24) is 24.3 Å². The molecule has 2 amide bonds. The molecule has 0 aromatic carbocycles. The van der Waals surface area contributed by atoms with E-state index in [1.807, 2.05) is 44.4 Å². The van der Waals surface area contributed by atoms with Crippen LogP contribution in [0.15, 0.2) is 30.7 Å². The van der Waals surface area contributed by atoms with Crippen molar-refractivity contribution < 1.29 is 19.1 Å². The molecule has 1 fully saturated rings. The Balaban J connectivity index is 1.37. The Morgan fingerprint density at radius 2 is 1.86 bits per heavy atom. The van der Waals surface area contributed by atoms with Gasteiger partial charge in [-0.05, 0) is 52.7 Å². The van der Waals surface area contributed by atoms with Crippen LogP contribution in [-0.2, 0) is 4.74 Å². The van der Waals surface area contributed by atoms with Gasteiger partial charge in [-0.2, -0.15) is 4.98 Å². The number of rotatable bonds is 5. The molecular formula is C24H31N7O4. The monoisotopic (exact) mass is 481 g/mol. The van der Waals surface area contributed by atoms with Gasteiger partial charge in [0.25, 0.3) is 5.91 Å². The van der Waals surface area contributed by atoms with Crippen LogP contribution in [0.25, 0.3) is 5.65 Å². The normalized spacial score (nSPS) is 14.6. The maximum absolute atomic E-state index is 12.9. The molecule has 0 radical (unpaired) electrons. The Labute approximate surface area is 203 Å². The number of hydrogen-bond acceptors (Lipinski definition) is 8. The number of fused-ring (bicyclic) bond motifs is 1. The zero-order chi connectivity index (χ0) is 25.2. The molecule has 0 bridgehead atoms. The summed E-state index contributed by atoms with van der Waals surface area (Å²) in [5, 5.41) is 6.13. The van der Waals surface area contributed by atoms with Crippen molar-refractivity contribution in [2.24, 2.45) is 0 Å². The zero-order valence-electron chi connectivity index (χ0n) is 20.7. The number of hydrogen-bond donors (Lipinski definition) is 2. The Morgan fingerprint density at radius 1 is 1.11 bits per heavy atom. The molecule has 1 aliphatic rings. The summed E-state index contributed by atoms with van der Waals surface area (Å²) < 4.78 is 12.7. The van der Waals surface area contributed by atoms with Gasteiger partial charge in [0.1, 0.15) is 16.8 Å². The van der Waals surface area contributed by atoms with Gasteiger partial charge in [-0.25, -0.2) is 14.8 Å². The number of aromatic nitrogens is 4. The van der Waals surface area contributed by atoms with E-state index in [2.05, 4.69) is 25.6 Å². The predicted octanol–water partition coefficient (Wildman–Crippen LogP) is 3.51. The smallest absolute Gasteiger partial charge is 0.410 e. The SMILES string of the molecule is COc1nc(NC2CCN(C(=O)OC(C)(C)C)CC2)ncc1C(=O)Nc1ccc2nc(C)cn2c1. The van der Waals surface area contributed by atoms with Crippen LogP contribution in [-0.4, -0.2) is 68.1 Å². The number of anilines is 2. The van der Waals surface area contributed by atoms with E-state index in [-0.39, 0.29) is 29.5 Å². The van der Waals surface area contributed by atoms with Crippen LogP contribution in [0.2, 0.25) is 0 Å². The third kappa shape index (κ3) is 5.97. The lowest BCUT2D eigenvalue weighted by atomic mass is 10.1. The van der Waals surface area contributed by atoms with Gasteiger partial charge in [0, 0.05) is 37.7 Å². The van der Waals surface area contributed by atoms with Gasteiger partial charge < -0.3 is 29.4 Å². The average molecular weight is 482 g/mol. The molecule has 0 aliphatic carbocycles. The highest BCUT2D eigenvalue weighted by Crippen LogP contribution is 2.22. The van der Waals surface area contributed by atoms with Gasteiger partial charge in [0.15, 0.2) is 0 Å². The summed E-state index contributed by atoms with van der Waals surface area (Å²) in [5.41, 5.74) is 2.01. The summed E-state index contributed by atoms with van der Waals surface area (Å²) in [6.45, 7) is 8.62. The highest BCUT2D eigenvalue weighted by atomic mass is 16.6. The second-order valence-corrected chi connectivity index (χ2v) is 9.52. The summed E-state index contributed by atoms with van der Waals surface area (Å²) >= 11 is 0. The van der Waals surface area contributed by atoms with Crippen LogP contribution < -0.4 is 15.4 Å². The molecule has 0 unspecified atom stereocenters. The van der Waals surface area contributed by atoms with Gasteiger partial charge in [-0.15, -0.1) is 0 Å². The number of ether oxygens (including phenoxy) is 2. The largest absolute Gasteiger partial charge is 0.480 e. The Kier molecular flexibility index (Phi) is 6.77. The molecule has 1 saturated heterocycles. The molecule has 2 N–H and O–H groups in total. The summed E-state index contributed by atoms with van der Waals surface area (Å²) in [6.07, 6.45) is 6.27. The number of aryl methyl sites for hydroxylation is 1. The second kappa shape index (κ2) is 9.77. The minimum Gasteiger partial charge on any atom is -0.480 e. The van der Waals surface area contributed by atoms with Gasteiger partial charge in [0.05, 0.1) is 18.5 Å². The molecule has 1 aliphatic heterocycles. The highest BCUT2D eigenvalue weighted by molar-refractivity contribution is 6.05. The van der Waals surface area contributed by atoms with E-state index in [1.54, 1.807) is 17.2 Å². The van der Waals surface area contributed by atoms with Crippen LogP contribution >= 0.6 is 0 Å². The number of pyridine rings is 1. The maximum atomic E-state index is 12.9. The lowest BCUT2D eigenvalue weighted by Gasteiger charge is -2.33. The molecule has 4 heterocycles. The van der Waals surface area contributed by atoms with Crippen molar-refractivity contribution in [2.75, 3.05) is 30.8 Å². The summed E-state index contributed by atoms with van der Waals surface area (Å²) in [7, 11) is 1.46. The number of carbonyl (C=O) groups is 2. The second-order valence-electron chi connectivity index (χ2n) is 9.52. The maximum Gasteiger partial charge on any atom is 0.410 e. The van der Waals surface area contributed by atoms with E-state index in [0.29, 0.717) is 24.7 Å². The molecule has 3 aromatic rings. The van der Waals surface area contributed by atoms with E-state index < -0.39 is 5.60 Å². The minimum atomic E-state index is -0.518. The lowest BCUT2D eigenvalue weighted by Crippen LogP contribution is -2.44. The van der Waals surface area contributed by atoms with Gasteiger partial charge in [-0.1, -0.05) is 0 Å². The molecule has 35 heavy (non-hydrogen) atoms. The van der Waals surface area contributed by atoms with Crippen LogP contribution in [0.5, 0.6) is 5.88 Å². The van der Waals surface area contributed by atoms with Crippen molar-refractivity contribution in [2.45, 2.75) is 52.2 Å². The first-order chi connectivity index (χ1) is 16.6. The predicted molar refractivity (Wildman–Crippen MR) is 131 cm³/mol. The molecule has 186 valence electrons. The Bertz CT molecular complexity index is 1230. The third-order valence-electron chi connectivity index (χ3n) is 5.50. The number of piperidine rings is 1. The standard InChI is InChI=1S/C24H31N7O4/c1-15-13-31-14-17(6-7-19(31)26-15)27-20(32)18-12-25-22(29-21(18)34-5)28-16-8-10-30(11-9-16)23(33)35-24(2,3)4/h6-7,12-14,16H,8-11H2,1-5H3,(H,27,32)(H,25,28,29). The van der Waals surface area contributed by atoms with Gasteiger partial charge >= 0.3 is 6.09 Å². The van der Waals surface area contributed by atoms with Crippen LogP contribution in [0, 0.1) is 6.92 Å². The average Bonchev–Trinajstić information content (AvgIpc) is 3.17. The molecule has 0 spiro atoms. The summed E-state index contributed by atoms with van der Waals surface area (Å²) in [4.78, 5) is 39.9. The van der Waals surface area contributed by atoms with Gasteiger partial charge in [-0.3, -0.25) is 4.79 Å². The minimum absolute atomic E-state index is 0.0865. The first kappa shape index (κ1) is 24.2. The van der Waals surface area contributed by atoms with Crippen molar-refractivity contribution in [3.8, 4) is 5.88 Å². The van der Waals surface area contributed by atoms with E-state index in [0.717, 1.165) is 24.2 Å². The molecule has 11 heteroatoms. The number of methoxy groups -OCH3 is 1. The topological polar surface area (TPSA) is 123 Å². The number of amides is 2. The number of imidazole rings is 1. The number of likely N-dealkylation sites (tertiary alicyclic amines) is 1. The third-order valence-corrected chi connectivity index (χ3v) is 5.50. The van der Waals surface area contributed by atoms with E-state index in [4.69, 9.17) is 9.47 Å². The van der Waals surface area contributed by atoms with Crippen LogP contribution in [0.1, 0.15) is 49.7 Å². The lowest BCUT2D eigenvalue weighted by molar-refractivity contribution is 0.0210. The van der Waals surface area contributed by atoms with Crippen molar-refractivity contribution in [3.63, 3.8) is 0 Å². The van der Waals surface area contributed by atoms with Crippen LogP contribution in [0.3, 0.4) is 0 Å². The fraction of sp³-hybridized carbons (Fsp3) is 0.458. The summed E-state index contributed by atoms with van der Waals surface area (Å²) in [6, 6.07) is 3.70. The van der Waals surface area contributed by atoms with E-state index in [9.17, 15) is 9.59 Å². The van der Waals surface area contributed by atoms with Gasteiger partial charge in [0.2, 0.25) is 11.8 Å². The highest BCUT2D eigenvalue weighted by Gasteiger charge is 2.27. The number of nitrogens with zero attached hydrogens (tertiary/aromatic N) is 5. The molecule has 4 rings (SSSR count). The van der Waals surface area contributed by atoms with Crippen molar-refractivity contribution >= 4 is 29.3 Å². The zero-order valence-corrected chi connectivity index (χ0v) is 20.7.